The van der Waals surface area contributed by atoms with Crippen LogP contribution in [0.3, 0.4) is 0 Å². The van der Waals surface area contributed by atoms with E-state index in [0.717, 1.165) is 83.9 Å². The Kier molecular flexibility index (Phi) is 7.19. The molecule has 0 bridgehead atoms. The summed E-state index contributed by atoms with van der Waals surface area (Å²) in [5.41, 5.74) is -0.665. The predicted octanol–water partition coefficient (Wildman–Crippen LogP) is 7.23. The summed E-state index contributed by atoms with van der Waals surface area (Å²) in [6, 6.07) is 4.05. The molecule has 0 radical (unpaired) electrons. The molecule has 3 fully saturated rings. The molecule has 3 saturated heterocycles. The molecule has 0 unspecified atom stereocenters. The van der Waals surface area contributed by atoms with E-state index in [4.69, 9.17) is 4.62 Å². The number of nitrogens with zero attached hydrogens (tertiary/aromatic N) is 6. The number of halogens is 9. The van der Waals surface area contributed by atoms with E-state index in [0.29, 0.717) is 0 Å². The van der Waals surface area contributed by atoms with Gasteiger partial charge in [0.25, 0.3) is 0 Å². The van der Waals surface area contributed by atoms with Crippen molar-refractivity contribution in [2.75, 3.05) is 39.3 Å². The third kappa shape index (κ3) is 7.14. The Morgan fingerprint density at radius 3 is 1.51 bits per heavy atom. The van der Waals surface area contributed by atoms with E-state index in [1.807, 2.05) is 0 Å². The van der Waals surface area contributed by atoms with Crippen LogP contribution in [0.4, 0.5) is 38.4 Å². The van der Waals surface area contributed by atoms with Crippen LogP contribution in [-0.2, 0) is 6.18 Å². The molecular weight excluding hydrogens is 561 g/mol. The fourth-order valence-electron chi connectivity index (χ4n) is 4.89. The van der Waals surface area contributed by atoms with Crippen LogP contribution in [-0.4, -0.2) is 68.4 Å². The Labute approximate surface area is 207 Å². The molecule has 3 aliphatic heterocycles. The van der Waals surface area contributed by atoms with Gasteiger partial charge in [-0.15, -0.1) is 19.1 Å². The SMILES string of the molecule is FC(F)(F)c1cccc2c1nnn2O[P+](N1CCCC1)(N1CCCC1)N1CCCC1.F[P-](F)(F)(F)(F)F. The number of benzene rings is 1. The fraction of sp³-hybridized carbons (Fsp3) is 0.684. The minimum absolute atomic E-state index is 0.160. The van der Waals surface area contributed by atoms with Gasteiger partial charge in [0.05, 0.1) is 5.56 Å². The molecule has 0 N–H and O–H groups in total. The van der Waals surface area contributed by atoms with Gasteiger partial charge in [0, 0.05) is 39.3 Å². The van der Waals surface area contributed by atoms with Crippen LogP contribution in [0.2, 0.25) is 0 Å². The van der Waals surface area contributed by atoms with Crippen LogP contribution >= 0.6 is 15.8 Å². The maximum atomic E-state index is 13.5. The van der Waals surface area contributed by atoms with Crippen molar-refractivity contribution in [3.8, 4) is 0 Å². The van der Waals surface area contributed by atoms with E-state index in [1.165, 1.54) is 10.9 Å². The van der Waals surface area contributed by atoms with E-state index in [2.05, 4.69) is 24.3 Å². The van der Waals surface area contributed by atoms with Gasteiger partial charge < -0.3 is 0 Å². The molecule has 5 rings (SSSR count). The van der Waals surface area contributed by atoms with Crippen LogP contribution in [0.25, 0.3) is 11.0 Å². The van der Waals surface area contributed by atoms with Crippen molar-refractivity contribution in [1.82, 2.24) is 29.2 Å². The van der Waals surface area contributed by atoms with Crippen LogP contribution < -0.4 is 4.62 Å². The van der Waals surface area contributed by atoms with Crippen LogP contribution in [0.1, 0.15) is 44.1 Å². The van der Waals surface area contributed by atoms with Crippen LogP contribution in [0, 0.1) is 0 Å². The van der Waals surface area contributed by atoms with Crippen LogP contribution in [0.15, 0.2) is 18.2 Å². The first-order valence-electron chi connectivity index (χ1n) is 11.8. The average molecular weight is 588 g/mol. The Bertz CT molecular complexity index is 1040. The van der Waals surface area contributed by atoms with E-state index in [9.17, 15) is 38.4 Å². The van der Waals surface area contributed by atoms with Gasteiger partial charge >= 0.3 is 47.1 Å². The number of hydrogen-bond donors (Lipinski definition) is 0. The van der Waals surface area contributed by atoms with Gasteiger partial charge in [0.15, 0.2) is 0 Å². The topological polar surface area (TPSA) is 49.7 Å². The normalized spacial score (nSPS) is 22.6. The number of fused-ring (bicyclic) bond motifs is 1. The molecular formula is C19H27F9N6OP2. The van der Waals surface area contributed by atoms with Crippen molar-refractivity contribution in [3.63, 3.8) is 0 Å². The molecule has 1 aromatic heterocycles. The van der Waals surface area contributed by atoms with Crippen molar-refractivity contribution in [2.24, 2.45) is 0 Å². The molecule has 212 valence electrons. The molecule has 1 aromatic carbocycles. The zero-order valence-corrected chi connectivity index (χ0v) is 21.4. The Balaban J connectivity index is 0.000000405. The van der Waals surface area contributed by atoms with Crippen LogP contribution in [0.5, 0.6) is 0 Å². The summed E-state index contributed by atoms with van der Waals surface area (Å²) in [6.07, 6.45) is 2.20. The number of alkyl halides is 3. The van der Waals surface area contributed by atoms with Gasteiger partial charge in [-0.1, -0.05) is 6.07 Å². The second-order valence-electron chi connectivity index (χ2n) is 9.17. The number of rotatable bonds is 5. The van der Waals surface area contributed by atoms with E-state index >= 15 is 0 Å². The third-order valence-corrected chi connectivity index (χ3v) is 10.1. The van der Waals surface area contributed by atoms with E-state index in [-0.39, 0.29) is 11.0 Å². The number of hydrogen-bond acceptors (Lipinski definition) is 6. The van der Waals surface area contributed by atoms with Crippen molar-refractivity contribution >= 4 is 26.8 Å². The summed E-state index contributed by atoms with van der Waals surface area (Å²) in [5, 5.41) is 7.94. The summed E-state index contributed by atoms with van der Waals surface area (Å²) < 4.78 is 114. The first-order chi connectivity index (χ1) is 16.9. The van der Waals surface area contributed by atoms with Crippen molar-refractivity contribution in [1.29, 1.82) is 0 Å². The minimum atomic E-state index is -10.7. The Morgan fingerprint density at radius 1 is 0.730 bits per heavy atom. The van der Waals surface area contributed by atoms with Gasteiger partial charge in [0.2, 0.25) is 0 Å². The van der Waals surface area contributed by atoms with Gasteiger partial charge in [-0.2, -0.15) is 17.8 Å². The molecule has 0 aliphatic carbocycles. The van der Waals surface area contributed by atoms with Crippen molar-refractivity contribution < 1.29 is 43.0 Å². The maximum absolute atomic E-state index is 13.5. The summed E-state index contributed by atoms with van der Waals surface area (Å²) in [7, 11) is -13.1. The quantitative estimate of drug-likeness (QED) is 0.272. The second kappa shape index (κ2) is 9.32. The molecule has 18 heteroatoms. The molecule has 3 aliphatic rings. The first kappa shape index (κ1) is 28.5. The summed E-state index contributed by atoms with van der Waals surface area (Å²) >= 11 is 0. The zero-order valence-electron chi connectivity index (χ0n) is 19.6. The van der Waals surface area contributed by atoms with Crippen molar-refractivity contribution in [3.05, 3.63) is 23.8 Å². The second-order valence-corrected chi connectivity index (χ2v) is 14.0. The zero-order chi connectivity index (χ0) is 27.2. The summed E-state index contributed by atoms with van der Waals surface area (Å²) in [5.74, 6) is 0. The van der Waals surface area contributed by atoms with Gasteiger partial charge in [-0.05, 0) is 60.7 Å². The molecule has 4 heterocycles. The molecule has 0 amide bonds. The molecule has 2 aromatic rings. The number of aromatic nitrogens is 3. The van der Waals surface area contributed by atoms with Gasteiger partial charge in [0.1, 0.15) is 11.0 Å². The van der Waals surface area contributed by atoms with E-state index < -0.39 is 27.5 Å². The fourth-order valence-corrected chi connectivity index (χ4v) is 9.01. The third-order valence-electron chi connectivity index (χ3n) is 6.29. The Morgan fingerprint density at radius 2 is 1.14 bits per heavy atom. The summed E-state index contributed by atoms with van der Waals surface area (Å²) in [6.45, 7) is 5.67. The predicted molar refractivity (Wildman–Crippen MR) is 122 cm³/mol. The standard InChI is InChI=1S/C19H27F3N6OP.F6P/c20-19(21,22)16-8-7-9-17-18(16)23-24-28(17)29-30(25-10-1-2-11-25,26-12-3-4-13-26)27-14-5-6-15-27;1-7(2,3,4,5)6/h7-9H,1-6,10-15H2;/q+1;-1. The summed E-state index contributed by atoms with van der Waals surface area (Å²) in [4.78, 5) is 1.27. The van der Waals surface area contributed by atoms with Crippen molar-refractivity contribution in [2.45, 2.75) is 44.7 Å². The molecule has 0 spiro atoms. The molecule has 0 atom stereocenters. The van der Waals surface area contributed by atoms with Gasteiger partial charge in [-0.25, -0.2) is 0 Å². The average Bonchev–Trinajstić information content (AvgIpc) is 3.57. The first-order valence-corrected chi connectivity index (χ1v) is 15.4. The van der Waals surface area contributed by atoms with E-state index in [1.54, 1.807) is 6.07 Å². The molecule has 37 heavy (non-hydrogen) atoms. The molecule has 7 nitrogen and oxygen atoms in total. The monoisotopic (exact) mass is 588 g/mol. The molecule has 0 saturated carbocycles. The van der Waals surface area contributed by atoms with Gasteiger partial charge in [-0.3, -0.25) is 0 Å². The Hall–Kier alpha value is -1.47.